The summed E-state index contributed by atoms with van der Waals surface area (Å²) in [5, 5.41) is 5.11. The average molecular weight is 386 g/mol. The first-order chi connectivity index (χ1) is 11.8. The molecule has 7 nitrogen and oxygen atoms in total. The Balaban J connectivity index is 2.24. The number of rotatable bonds is 6. The Kier molecular flexibility index (Phi) is 5.89. The van der Waals surface area contributed by atoms with E-state index in [1.807, 2.05) is 0 Å². The number of carbonyl (C=O) groups excluding carboxylic acids is 1. The summed E-state index contributed by atoms with van der Waals surface area (Å²) in [5.41, 5.74) is 0.476. The zero-order chi connectivity index (χ0) is 18.6. The first kappa shape index (κ1) is 19.0. The SMILES string of the molecule is COc1ccc(OC)c(COC(=O)c2cc(S(N)(=O)=O)ccc2Cl)c1. The van der Waals surface area contributed by atoms with E-state index in [2.05, 4.69) is 0 Å². The van der Waals surface area contributed by atoms with Crippen LogP contribution < -0.4 is 14.6 Å². The maximum absolute atomic E-state index is 12.3. The Labute approximate surface area is 150 Å². The van der Waals surface area contributed by atoms with Crippen LogP contribution in [-0.4, -0.2) is 28.6 Å². The van der Waals surface area contributed by atoms with Crippen LogP contribution in [0.4, 0.5) is 0 Å². The number of nitrogens with two attached hydrogens (primary N) is 1. The zero-order valence-electron chi connectivity index (χ0n) is 13.5. The summed E-state index contributed by atoms with van der Waals surface area (Å²) in [4.78, 5) is 12.0. The lowest BCUT2D eigenvalue weighted by Crippen LogP contribution is -2.14. The molecular formula is C16H16ClNO6S. The van der Waals surface area contributed by atoms with E-state index in [4.69, 9.17) is 31.0 Å². The highest BCUT2D eigenvalue weighted by atomic mass is 35.5. The largest absolute Gasteiger partial charge is 0.497 e. The van der Waals surface area contributed by atoms with Crippen LogP contribution in [0.1, 0.15) is 15.9 Å². The van der Waals surface area contributed by atoms with Crippen LogP contribution in [0, 0.1) is 0 Å². The second kappa shape index (κ2) is 7.73. The lowest BCUT2D eigenvalue weighted by molar-refractivity contribution is 0.0470. The fourth-order valence-electron chi connectivity index (χ4n) is 2.05. The minimum atomic E-state index is -3.97. The number of halogens is 1. The molecule has 0 bridgehead atoms. The summed E-state index contributed by atoms with van der Waals surface area (Å²) < 4.78 is 38.3. The molecule has 134 valence electrons. The van der Waals surface area contributed by atoms with Gasteiger partial charge in [0, 0.05) is 5.56 Å². The molecule has 0 saturated heterocycles. The Morgan fingerprint density at radius 2 is 1.84 bits per heavy atom. The molecular weight excluding hydrogens is 370 g/mol. The van der Waals surface area contributed by atoms with Crippen molar-refractivity contribution in [1.82, 2.24) is 0 Å². The summed E-state index contributed by atoms with van der Waals surface area (Å²) in [6.45, 7) is -0.116. The summed E-state index contributed by atoms with van der Waals surface area (Å²) >= 11 is 5.95. The normalized spacial score (nSPS) is 11.0. The van der Waals surface area contributed by atoms with E-state index >= 15 is 0 Å². The van der Waals surface area contributed by atoms with Crippen molar-refractivity contribution in [3.8, 4) is 11.5 Å². The number of hydrogen-bond acceptors (Lipinski definition) is 6. The topological polar surface area (TPSA) is 105 Å². The second-order valence-electron chi connectivity index (χ2n) is 4.94. The van der Waals surface area contributed by atoms with Gasteiger partial charge in [-0.1, -0.05) is 11.6 Å². The standard InChI is InChI=1S/C16H16ClNO6S/c1-22-11-3-6-15(23-2)10(7-11)9-24-16(19)13-8-12(25(18,20)21)4-5-14(13)17/h3-8H,9H2,1-2H3,(H2,18,20,21). The van der Waals surface area contributed by atoms with Gasteiger partial charge in [-0.3, -0.25) is 0 Å². The third kappa shape index (κ3) is 4.62. The van der Waals surface area contributed by atoms with E-state index < -0.39 is 16.0 Å². The van der Waals surface area contributed by atoms with E-state index in [0.717, 1.165) is 6.07 Å². The van der Waals surface area contributed by atoms with E-state index in [-0.39, 0.29) is 22.1 Å². The molecule has 2 N–H and O–H groups in total. The smallest absolute Gasteiger partial charge is 0.340 e. The third-order valence-electron chi connectivity index (χ3n) is 3.33. The lowest BCUT2D eigenvalue weighted by atomic mass is 10.2. The van der Waals surface area contributed by atoms with Crippen LogP contribution in [-0.2, 0) is 21.4 Å². The fourth-order valence-corrected chi connectivity index (χ4v) is 2.79. The molecule has 0 amide bonds. The first-order valence-electron chi connectivity index (χ1n) is 6.96. The van der Waals surface area contributed by atoms with Gasteiger partial charge in [-0.05, 0) is 36.4 Å². The third-order valence-corrected chi connectivity index (χ3v) is 4.57. The van der Waals surface area contributed by atoms with Gasteiger partial charge in [0.2, 0.25) is 10.0 Å². The number of sulfonamides is 1. The minimum Gasteiger partial charge on any atom is -0.497 e. The predicted octanol–water partition coefficient (Wildman–Crippen LogP) is 2.36. The number of benzene rings is 2. The molecule has 0 radical (unpaired) electrons. The maximum atomic E-state index is 12.3. The monoisotopic (exact) mass is 385 g/mol. The number of methoxy groups -OCH3 is 2. The molecule has 0 aliphatic carbocycles. The van der Waals surface area contributed by atoms with Gasteiger partial charge in [-0.2, -0.15) is 0 Å². The number of esters is 1. The summed E-state index contributed by atoms with van der Waals surface area (Å²) in [6, 6.07) is 8.59. The Morgan fingerprint density at radius 3 is 2.44 bits per heavy atom. The Morgan fingerprint density at radius 1 is 1.12 bits per heavy atom. The molecule has 0 heterocycles. The van der Waals surface area contributed by atoms with Crippen molar-refractivity contribution in [2.75, 3.05) is 14.2 Å². The van der Waals surface area contributed by atoms with Crippen LogP contribution in [0.3, 0.4) is 0 Å². The van der Waals surface area contributed by atoms with E-state index in [1.54, 1.807) is 18.2 Å². The van der Waals surface area contributed by atoms with Crippen molar-refractivity contribution in [1.29, 1.82) is 0 Å². The van der Waals surface area contributed by atoms with Crippen molar-refractivity contribution < 1.29 is 27.4 Å². The molecule has 2 aromatic rings. The van der Waals surface area contributed by atoms with Crippen LogP contribution in [0.25, 0.3) is 0 Å². The number of hydrogen-bond donors (Lipinski definition) is 1. The molecule has 0 fully saturated rings. The van der Waals surface area contributed by atoms with Gasteiger partial charge in [-0.15, -0.1) is 0 Å². The lowest BCUT2D eigenvalue weighted by Gasteiger charge is -2.12. The van der Waals surface area contributed by atoms with Crippen LogP contribution in [0.15, 0.2) is 41.3 Å². The Hall–Kier alpha value is -2.29. The maximum Gasteiger partial charge on any atom is 0.340 e. The first-order valence-corrected chi connectivity index (χ1v) is 8.89. The van der Waals surface area contributed by atoms with E-state index in [0.29, 0.717) is 17.1 Å². The molecule has 25 heavy (non-hydrogen) atoms. The Bertz CT molecular complexity index is 897. The molecule has 0 aliphatic heterocycles. The highest BCUT2D eigenvalue weighted by Gasteiger charge is 2.18. The molecule has 9 heteroatoms. The molecule has 0 spiro atoms. The fraction of sp³-hybridized carbons (Fsp3) is 0.188. The van der Waals surface area contributed by atoms with Gasteiger partial charge in [0.25, 0.3) is 0 Å². The van der Waals surface area contributed by atoms with Crippen molar-refractivity contribution in [2.45, 2.75) is 11.5 Å². The molecule has 0 unspecified atom stereocenters. The molecule has 0 aliphatic rings. The van der Waals surface area contributed by atoms with Gasteiger partial charge in [0.05, 0.1) is 29.7 Å². The van der Waals surface area contributed by atoms with Gasteiger partial charge in [0.15, 0.2) is 0 Å². The van der Waals surface area contributed by atoms with Gasteiger partial charge in [0.1, 0.15) is 18.1 Å². The van der Waals surface area contributed by atoms with E-state index in [9.17, 15) is 13.2 Å². The predicted molar refractivity (Wildman–Crippen MR) is 91.5 cm³/mol. The number of carbonyl (C=O) groups is 1. The minimum absolute atomic E-state index is 0.0509. The van der Waals surface area contributed by atoms with Gasteiger partial charge in [-0.25, -0.2) is 18.4 Å². The quantitative estimate of drug-likeness (QED) is 0.765. The summed E-state index contributed by atoms with van der Waals surface area (Å²) in [7, 11) is -0.970. The molecule has 0 aromatic heterocycles. The van der Waals surface area contributed by atoms with Crippen LogP contribution in [0.2, 0.25) is 5.02 Å². The summed E-state index contributed by atoms with van der Waals surface area (Å²) in [5.74, 6) is 0.291. The molecule has 2 aromatic carbocycles. The molecule has 0 saturated carbocycles. The van der Waals surface area contributed by atoms with Crippen LogP contribution >= 0.6 is 11.6 Å². The van der Waals surface area contributed by atoms with Crippen LogP contribution in [0.5, 0.6) is 11.5 Å². The van der Waals surface area contributed by atoms with E-state index in [1.165, 1.54) is 26.4 Å². The van der Waals surface area contributed by atoms with Crippen molar-refractivity contribution in [3.63, 3.8) is 0 Å². The highest BCUT2D eigenvalue weighted by molar-refractivity contribution is 7.89. The number of primary sulfonamides is 1. The van der Waals surface area contributed by atoms with Crippen molar-refractivity contribution in [2.24, 2.45) is 5.14 Å². The van der Waals surface area contributed by atoms with Crippen molar-refractivity contribution in [3.05, 3.63) is 52.5 Å². The second-order valence-corrected chi connectivity index (χ2v) is 6.91. The summed E-state index contributed by atoms with van der Waals surface area (Å²) in [6.07, 6.45) is 0. The zero-order valence-corrected chi connectivity index (χ0v) is 15.1. The van der Waals surface area contributed by atoms with Gasteiger partial charge < -0.3 is 14.2 Å². The highest BCUT2D eigenvalue weighted by Crippen LogP contribution is 2.26. The number of ether oxygens (including phenoxy) is 3. The van der Waals surface area contributed by atoms with Gasteiger partial charge >= 0.3 is 5.97 Å². The average Bonchev–Trinajstić information content (AvgIpc) is 2.58. The molecule has 0 atom stereocenters. The van der Waals surface area contributed by atoms with Crippen molar-refractivity contribution >= 4 is 27.6 Å². The molecule has 2 rings (SSSR count).